The average Bonchev–Trinajstić information content (AvgIpc) is 2.62. The molecule has 0 atom stereocenters. The normalized spacial score (nSPS) is 17.3. The van der Waals surface area contributed by atoms with Crippen molar-refractivity contribution in [1.29, 1.82) is 0 Å². The fourth-order valence-electron chi connectivity index (χ4n) is 2.20. The highest BCUT2D eigenvalue weighted by atomic mass is 16.2. The third-order valence-corrected chi connectivity index (χ3v) is 3.28. The quantitative estimate of drug-likeness (QED) is 0.845. The number of amides is 1. The molecule has 2 rings (SSSR count). The summed E-state index contributed by atoms with van der Waals surface area (Å²) in [7, 11) is 3.88. The largest absolute Gasteiger partial charge is 0.372 e. The van der Waals surface area contributed by atoms with E-state index in [1.54, 1.807) is 19.3 Å². The maximum atomic E-state index is 12.5. The molecule has 1 aliphatic rings. The van der Waals surface area contributed by atoms with E-state index in [0.717, 1.165) is 32.6 Å². The molecule has 1 fully saturated rings. The molecule has 1 aliphatic heterocycles. The molecular weight excluding hydrogens is 228 g/mol. The lowest BCUT2D eigenvalue weighted by molar-refractivity contribution is 0.0763. The molecule has 98 valence electrons. The van der Waals surface area contributed by atoms with Crippen molar-refractivity contribution < 1.29 is 4.79 Å². The van der Waals surface area contributed by atoms with Crippen LogP contribution in [0.3, 0.4) is 0 Å². The number of nitrogens with zero attached hydrogens (tertiary/aromatic N) is 3. The zero-order valence-corrected chi connectivity index (χ0v) is 11.0. The molecule has 18 heavy (non-hydrogen) atoms. The van der Waals surface area contributed by atoms with Crippen LogP contribution in [0.25, 0.3) is 0 Å². The van der Waals surface area contributed by atoms with Crippen LogP contribution in [0.4, 0.5) is 5.82 Å². The predicted octanol–water partition coefficient (Wildman–Crippen LogP) is 0.901. The van der Waals surface area contributed by atoms with E-state index in [-0.39, 0.29) is 5.91 Å². The smallest absolute Gasteiger partial charge is 0.257 e. The third-order valence-electron chi connectivity index (χ3n) is 3.28. The zero-order valence-electron chi connectivity index (χ0n) is 11.0. The van der Waals surface area contributed by atoms with Crippen LogP contribution in [0, 0.1) is 0 Å². The van der Waals surface area contributed by atoms with E-state index in [0.29, 0.717) is 11.4 Å². The van der Waals surface area contributed by atoms with Gasteiger partial charge in [0.25, 0.3) is 5.91 Å². The first-order valence-corrected chi connectivity index (χ1v) is 6.33. The highest BCUT2D eigenvalue weighted by molar-refractivity contribution is 5.98. The number of nitrogens with one attached hydrogen (secondary N) is 1. The first-order valence-electron chi connectivity index (χ1n) is 6.33. The molecule has 0 bridgehead atoms. The maximum absolute atomic E-state index is 12.5. The van der Waals surface area contributed by atoms with Crippen molar-refractivity contribution in [3.8, 4) is 0 Å². The zero-order chi connectivity index (χ0) is 13.0. The molecule has 1 aromatic heterocycles. The Hall–Kier alpha value is -1.62. The van der Waals surface area contributed by atoms with Gasteiger partial charge in [0.05, 0.1) is 5.56 Å². The Morgan fingerprint density at radius 2 is 2.17 bits per heavy atom. The molecule has 1 aromatic rings. The van der Waals surface area contributed by atoms with Crippen molar-refractivity contribution in [2.45, 2.75) is 6.42 Å². The van der Waals surface area contributed by atoms with E-state index in [1.807, 2.05) is 11.0 Å². The summed E-state index contributed by atoms with van der Waals surface area (Å²) in [5.41, 5.74) is 0.657. The minimum Gasteiger partial charge on any atom is -0.372 e. The third kappa shape index (κ3) is 2.79. The molecule has 1 N–H and O–H groups in total. The summed E-state index contributed by atoms with van der Waals surface area (Å²) in [6.07, 6.45) is 2.72. The lowest BCUT2D eigenvalue weighted by atomic mass is 10.2. The molecule has 5 heteroatoms. The summed E-state index contributed by atoms with van der Waals surface area (Å²) in [5, 5.41) is 2.97. The van der Waals surface area contributed by atoms with Gasteiger partial charge in [-0.3, -0.25) is 4.79 Å². The first-order chi connectivity index (χ1) is 8.72. The number of rotatable bonds is 2. The van der Waals surface area contributed by atoms with Crippen molar-refractivity contribution in [1.82, 2.24) is 14.8 Å². The molecule has 0 unspecified atom stereocenters. The average molecular weight is 248 g/mol. The van der Waals surface area contributed by atoms with Gasteiger partial charge in [0.1, 0.15) is 5.82 Å². The van der Waals surface area contributed by atoms with Gasteiger partial charge in [0, 0.05) is 32.9 Å². The topological polar surface area (TPSA) is 48.5 Å². The molecule has 5 nitrogen and oxygen atoms in total. The number of hydrogen-bond donors (Lipinski definition) is 1. The summed E-state index contributed by atoms with van der Waals surface area (Å²) in [6.45, 7) is 3.59. The fourth-order valence-corrected chi connectivity index (χ4v) is 2.20. The molecule has 1 amide bonds. The van der Waals surface area contributed by atoms with Crippen molar-refractivity contribution in [3.05, 3.63) is 23.9 Å². The van der Waals surface area contributed by atoms with Gasteiger partial charge in [-0.1, -0.05) is 0 Å². The number of anilines is 1. The van der Waals surface area contributed by atoms with Crippen LogP contribution in [0.5, 0.6) is 0 Å². The van der Waals surface area contributed by atoms with Crippen LogP contribution >= 0.6 is 0 Å². The number of carbonyl (C=O) groups excluding carboxylic acids is 1. The number of pyridine rings is 1. The van der Waals surface area contributed by atoms with E-state index in [1.165, 1.54) is 0 Å². The monoisotopic (exact) mass is 248 g/mol. The minimum absolute atomic E-state index is 0.0720. The Morgan fingerprint density at radius 3 is 2.94 bits per heavy atom. The second-order valence-electron chi connectivity index (χ2n) is 4.60. The van der Waals surface area contributed by atoms with Gasteiger partial charge in [-0.25, -0.2) is 4.98 Å². The molecule has 0 radical (unpaired) electrons. The maximum Gasteiger partial charge on any atom is 0.257 e. The first kappa shape index (κ1) is 12.8. The van der Waals surface area contributed by atoms with Crippen molar-refractivity contribution >= 4 is 11.7 Å². The number of likely N-dealkylation sites (N-methyl/N-ethyl adjacent to an activating group) is 1. The van der Waals surface area contributed by atoms with Crippen LogP contribution in [-0.4, -0.2) is 61.0 Å². The standard InChI is InChI=1S/C13H20N4O/c1-14-12-11(5-3-6-15-12)13(18)17-8-4-7-16(2)9-10-17/h3,5-6H,4,7-10H2,1-2H3,(H,14,15). The molecule has 0 aliphatic carbocycles. The predicted molar refractivity (Wildman–Crippen MR) is 71.8 cm³/mol. The fraction of sp³-hybridized carbons (Fsp3) is 0.538. The lowest BCUT2D eigenvalue weighted by Gasteiger charge is -2.21. The van der Waals surface area contributed by atoms with Gasteiger partial charge in [-0.15, -0.1) is 0 Å². The Labute approximate surface area is 108 Å². The Balaban J connectivity index is 2.15. The summed E-state index contributed by atoms with van der Waals surface area (Å²) in [6, 6.07) is 3.63. The molecular formula is C13H20N4O. The van der Waals surface area contributed by atoms with Crippen LogP contribution in [0.1, 0.15) is 16.8 Å². The highest BCUT2D eigenvalue weighted by Crippen LogP contribution is 2.15. The van der Waals surface area contributed by atoms with E-state index < -0.39 is 0 Å². The van der Waals surface area contributed by atoms with Crippen molar-refractivity contribution in [2.24, 2.45) is 0 Å². The van der Waals surface area contributed by atoms with Crippen molar-refractivity contribution in [3.63, 3.8) is 0 Å². The van der Waals surface area contributed by atoms with Crippen LogP contribution in [-0.2, 0) is 0 Å². The van der Waals surface area contributed by atoms with E-state index in [4.69, 9.17) is 0 Å². The second kappa shape index (κ2) is 5.82. The van der Waals surface area contributed by atoms with Crippen molar-refractivity contribution in [2.75, 3.05) is 45.6 Å². The molecule has 2 heterocycles. The number of hydrogen-bond acceptors (Lipinski definition) is 4. The Morgan fingerprint density at radius 1 is 1.33 bits per heavy atom. The van der Waals surface area contributed by atoms with Gasteiger partial charge >= 0.3 is 0 Å². The van der Waals surface area contributed by atoms with E-state index >= 15 is 0 Å². The summed E-state index contributed by atoms with van der Waals surface area (Å²) >= 11 is 0. The minimum atomic E-state index is 0.0720. The van der Waals surface area contributed by atoms with Gasteiger partial charge in [0.15, 0.2) is 0 Å². The summed E-state index contributed by atoms with van der Waals surface area (Å²) in [5.74, 6) is 0.725. The number of aromatic nitrogens is 1. The number of carbonyl (C=O) groups is 1. The second-order valence-corrected chi connectivity index (χ2v) is 4.60. The van der Waals surface area contributed by atoms with Crippen LogP contribution in [0.2, 0.25) is 0 Å². The Kier molecular flexibility index (Phi) is 4.15. The molecule has 0 aromatic carbocycles. The SMILES string of the molecule is CNc1ncccc1C(=O)N1CCCN(C)CC1. The van der Waals surface area contributed by atoms with Gasteiger partial charge in [0.2, 0.25) is 0 Å². The molecule has 0 saturated carbocycles. The van der Waals surface area contributed by atoms with E-state index in [2.05, 4.69) is 22.2 Å². The van der Waals surface area contributed by atoms with Crippen LogP contribution in [0.15, 0.2) is 18.3 Å². The van der Waals surface area contributed by atoms with Gasteiger partial charge in [-0.2, -0.15) is 0 Å². The summed E-state index contributed by atoms with van der Waals surface area (Å²) in [4.78, 5) is 20.8. The van der Waals surface area contributed by atoms with Gasteiger partial charge in [-0.05, 0) is 32.1 Å². The lowest BCUT2D eigenvalue weighted by Crippen LogP contribution is -2.34. The van der Waals surface area contributed by atoms with Gasteiger partial charge < -0.3 is 15.1 Å². The Bertz CT molecular complexity index is 421. The van der Waals surface area contributed by atoms with Crippen LogP contribution < -0.4 is 5.32 Å². The molecule has 1 saturated heterocycles. The molecule has 0 spiro atoms. The van der Waals surface area contributed by atoms with E-state index in [9.17, 15) is 4.79 Å². The highest BCUT2D eigenvalue weighted by Gasteiger charge is 2.21. The summed E-state index contributed by atoms with van der Waals surface area (Å²) < 4.78 is 0.